The first-order valence-corrected chi connectivity index (χ1v) is 6.67. The minimum Gasteiger partial charge on any atom is -0.452 e. The van der Waals surface area contributed by atoms with Crippen LogP contribution in [0.1, 0.15) is 5.56 Å². The van der Waals surface area contributed by atoms with Gasteiger partial charge in [-0.1, -0.05) is 17.5 Å². The zero-order chi connectivity index (χ0) is 16.0. The number of hydrogen-bond acceptors (Lipinski definition) is 6. The van der Waals surface area contributed by atoms with Crippen LogP contribution >= 0.6 is 34.2 Å². The number of hydrogen-bond donors (Lipinski definition) is 0. The van der Waals surface area contributed by atoms with E-state index in [1.807, 2.05) is 0 Å². The highest BCUT2D eigenvalue weighted by molar-refractivity contribution is 14.1. The number of nitrogens with zero attached hydrogens (tertiary/aromatic N) is 2. The average molecular weight is 425 g/mol. The molecular weight excluding hydrogens is 418 g/mol. The summed E-state index contributed by atoms with van der Waals surface area (Å²) in [5, 5.41) is 21.0. The molecule has 0 N–H and O–H groups in total. The highest BCUT2D eigenvalue weighted by Gasteiger charge is 2.25. The van der Waals surface area contributed by atoms with Gasteiger partial charge in [-0.2, -0.15) is 0 Å². The van der Waals surface area contributed by atoms with Crippen molar-refractivity contribution in [3.8, 4) is 9.85 Å². The number of carbonyl (C=O) groups is 1. The summed E-state index contributed by atoms with van der Waals surface area (Å²) < 4.78 is 7.22. The van der Waals surface area contributed by atoms with Crippen molar-refractivity contribution in [1.82, 2.24) is 0 Å². The van der Waals surface area contributed by atoms with E-state index >= 15 is 0 Å². The van der Waals surface area contributed by atoms with Gasteiger partial charge in [0.25, 0.3) is 11.4 Å². The fourth-order valence-electron chi connectivity index (χ4n) is 1.38. The predicted octanol–water partition coefficient (Wildman–Crippen LogP) is 2.64. The van der Waals surface area contributed by atoms with Gasteiger partial charge in [-0.25, -0.2) is 0 Å². The number of esters is 1. The minimum atomic E-state index is -0.855. The topological polar surface area (TPSA) is 113 Å². The number of nitro groups is 2. The molecule has 0 saturated carbocycles. The smallest absolute Gasteiger partial charge is 0.311 e. The lowest BCUT2D eigenvalue weighted by Gasteiger charge is -2.03. The fourth-order valence-corrected chi connectivity index (χ4v) is 1.78. The van der Waals surface area contributed by atoms with Crippen molar-refractivity contribution in [1.29, 1.82) is 0 Å². The van der Waals surface area contributed by atoms with Gasteiger partial charge in [0.1, 0.15) is 0 Å². The van der Waals surface area contributed by atoms with Crippen LogP contribution in [0.5, 0.6) is 0 Å². The largest absolute Gasteiger partial charge is 0.452 e. The lowest BCUT2D eigenvalue weighted by molar-refractivity contribution is -0.394. The highest BCUT2D eigenvalue weighted by Crippen LogP contribution is 2.35. The van der Waals surface area contributed by atoms with E-state index in [4.69, 9.17) is 16.3 Å². The molecule has 0 spiro atoms. The standard InChI is InChI=1S/C11H6ClIN2O6/c12-11-8(14(17)18)4-7(5-9(11)15(19)20)6-10(16)21-3-1-2-13/h4-5H,3,6H2. The van der Waals surface area contributed by atoms with Crippen LogP contribution in [0.2, 0.25) is 5.02 Å². The van der Waals surface area contributed by atoms with Crippen molar-refractivity contribution in [2.45, 2.75) is 6.42 Å². The molecule has 0 atom stereocenters. The summed E-state index contributed by atoms with van der Waals surface area (Å²) in [6, 6.07) is 2.00. The normalized spacial score (nSPS) is 9.43. The van der Waals surface area contributed by atoms with Crippen LogP contribution in [0, 0.1) is 30.1 Å². The number of rotatable bonds is 5. The van der Waals surface area contributed by atoms with Crippen LogP contribution < -0.4 is 0 Å². The number of nitro benzene ring substituents is 2. The molecule has 0 amide bonds. The van der Waals surface area contributed by atoms with E-state index in [1.165, 1.54) is 0 Å². The van der Waals surface area contributed by atoms with Crippen molar-refractivity contribution in [2.75, 3.05) is 6.61 Å². The van der Waals surface area contributed by atoms with Crippen LogP contribution in [0.4, 0.5) is 11.4 Å². The first kappa shape index (κ1) is 17.1. The maximum atomic E-state index is 11.5. The molecule has 1 rings (SSSR count). The van der Waals surface area contributed by atoms with Crippen molar-refractivity contribution < 1.29 is 19.4 Å². The van der Waals surface area contributed by atoms with Crippen LogP contribution in [-0.2, 0) is 16.0 Å². The Kier molecular flexibility index (Phi) is 6.32. The lowest BCUT2D eigenvalue weighted by atomic mass is 10.1. The Morgan fingerprint density at radius 1 is 1.29 bits per heavy atom. The summed E-state index contributed by atoms with van der Waals surface area (Å²) in [7, 11) is 0. The Balaban J connectivity index is 3.07. The average Bonchev–Trinajstić information content (AvgIpc) is 2.40. The predicted molar refractivity (Wildman–Crippen MR) is 81.2 cm³/mol. The fraction of sp³-hybridized carbons (Fsp3) is 0.182. The molecule has 110 valence electrons. The zero-order valence-electron chi connectivity index (χ0n) is 10.2. The second-order valence-corrected chi connectivity index (χ2v) is 4.49. The van der Waals surface area contributed by atoms with Crippen molar-refractivity contribution in [2.24, 2.45) is 0 Å². The Morgan fingerprint density at radius 3 is 2.24 bits per heavy atom. The lowest BCUT2D eigenvalue weighted by Crippen LogP contribution is -2.09. The molecule has 10 heteroatoms. The van der Waals surface area contributed by atoms with Gasteiger partial charge in [-0.3, -0.25) is 25.0 Å². The SMILES string of the molecule is O=C(Cc1cc([N+](=O)[O-])c(Cl)c([N+](=O)[O-])c1)OCC#CI. The third kappa shape index (κ3) is 4.83. The first-order chi connectivity index (χ1) is 9.86. The quantitative estimate of drug-likeness (QED) is 0.236. The summed E-state index contributed by atoms with van der Waals surface area (Å²) in [5.74, 6) is 1.78. The number of benzene rings is 1. The molecule has 1 aromatic carbocycles. The van der Waals surface area contributed by atoms with Crippen molar-refractivity contribution in [3.63, 3.8) is 0 Å². The van der Waals surface area contributed by atoms with Gasteiger partial charge in [0, 0.05) is 34.7 Å². The molecule has 1 aromatic rings. The minimum absolute atomic E-state index is 0.0604. The van der Waals surface area contributed by atoms with E-state index in [1.54, 1.807) is 22.6 Å². The molecule has 0 aliphatic heterocycles. The number of halogens is 2. The molecule has 21 heavy (non-hydrogen) atoms. The summed E-state index contributed by atoms with van der Waals surface area (Å²) in [6.07, 6.45) is -0.359. The molecule has 0 saturated heterocycles. The van der Waals surface area contributed by atoms with Gasteiger partial charge in [0.05, 0.1) is 16.3 Å². The number of carbonyl (C=O) groups excluding carboxylic acids is 1. The first-order valence-electron chi connectivity index (χ1n) is 5.22. The van der Waals surface area contributed by atoms with Crippen LogP contribution in [0.15, 0.2) is 12.1 Å². The highest BCUT2D eigenvalue weighted by atomic mass is 127. The van der Waals surface area contributed by atoms with Crippen LogP contribution in [-0.4, -0.2) is 22.4 Å². The molecular formula is C11H6ClIN2O6. The summed E-state index contributed by atoms with van der Waals surface area (Å²) in [4.78, 5) is 31.4. The number of ether oxygens (including phenoxy) is 1. The summed E-state index contributed by atoms with van der Waals surface area (Å²) in [5.41, 5.74) is -1.22. The van der Waals surface area contributed by atoms with Crippen LogP contribution in [0.3, 0.4) is 0 Å². The van der Waals surface area contributed by atoms with Crippen molar-refractivity contribution in [3.05, 3.63) is 42.9 Å². The second kappa shape index (κ2) is 7.75. The van der Waals surface area contributed by atoms with E-state index in [0.717, 1.165) is 12.1 Å². The van der Waals surface area contributed by atoms with Gasteiger partial charge in [-0.15, -0.1) is 0 Å². The Labute approximate surface area is 136 Å². The summed E-state index contributed by atoms with van der Waals surface area (Å²) in [6.45, 7) is -0.125. The molecule has 0 heterocycles. The Morgan fingerprint density at radius 2 is 1.81 bits per heavy atom. The van der Waals surface area contributed by atoms with Gasteiger partial charge < -0.3 is 4.74 Å². The molecule has 0 unspecified atom stereocenters. The maximum absolute atomic E-state index is 11.5. The van der Waals surface area contributed by atoms with E-state index in [-0.39, 0.29) is 18.6 Å². The maximum Gasteiger partial charge on any atom is 0.311 e. The Hall–Kier alpha value is -1.93. The van der Waals surface area contributed by atoms with Gasteiger partial charge in [0.15, 0.2) is 11.6 Å². The van der Waals surface area contributed by atoms with E-state index in [0.29, 0.717) is 0 Å². The summed E-state index contributed by atoms with van der Waals surface area (Å²) >= 11 is 7.36. The zero-order valence-corrected chi connectivity index (χ0v) is 13.1. The molecule has 0 aromatic heterocycles. The van der Waals surface area contributed by atoms with Gasteiger partial charge >= 0.3 is 5.97 Å². The second-order valence-electron chi connectivity index (χ2n) is 3.57. The van der Waals surface area contributed by atoms with Crippen molar-refractivity contribution >= 4 is 51.5 Å². The third-order valence-corrected chi connectivity index (χ3v) is 2.98. The monoisotopic (exact) mass is 424 g/mol. The molecule has 0 aliphatic carbocycles. The van der Waals surface area contributed by atoms with E-state index < -0.39 is 32.2 Å². The van der Waals surface area contributed by atoms with Gasteiger partial charge in [-0.05, 0) is 9.49 Å². The molecule has 0 aliphatic rings. The van der Waals surface area contributed by atoms with E-state index in [2.05, 4.69) is 9.85 Å². The van der Waals surface area contributed by atoms with E-state index in [9.17, 15) is 25.0 Å². The van der Waals surface area contributed by atoms with Crippen LogP contribution in [0.25, 0.3) is 0 Å². The van der Waals surface area contributed by atoms with Gasteiger partial charge in [0.2, 0.25) is 0 Å². The third-order valence-electron chi connectivity index (χ3n) is 2.21. The molecule has 0 fully saturated rings. The Bertz CT molecular complexity index is 631. The molecule has 8 nitrogen and oxygen atoms in total. The molecule has 0 bridgehead atoms. The molecule has 0 radical (unpaired) electrons.